The van der Waals surface area contributed by atoms with Crippen LogP contribution < -0.4 is 0 Å². The largest absolute Gasteiger partial charge is 0.460 e. The molecule has 1 aliphatic rings. The predicted molar refractivity (Wildman–Crippen MR) is 70.5 cm³/mol. The van der Waals surface area contributed by atoms with Gasteiger partial charge in [0.2, 0.25) is 0 Å². The molecule has 1 heterocycles. The Labute approximate surface area is 159 Å². The molecular formula is C8H3F15N3OP3. The van der Waals surface area contributed by atoms with Crippen LogP contribution in [0.4, 0.5) is 65.9 Å². The van der Waals surface area contributed by atoms with E-state index in [0.717, 1.165) is 0 Å². The molecule has 0 saturated heterocycles. The Morgan fingerprint density at radius 3 is 1.50 bits per heavy atom. The highest BCUT2D eigenvalue weighted by molar-refractivity contribution is 7.55. The standard InChI is InChI=1S/C8H3F15N3OP3/c9-2(10,1-27-26-29-24-28-25-30-26)3(11,12)4(13,14)5(15,16)6(17,18)7(19,20)8(21,22)23/h29H,1H2. The molecule has 1 aliphatic heterocycles. The van der Waals surface area contributed by atoms with Crippen LogP contribution in [0.5, 0.6) is 0 Å². The van der Waals surface area contributed by atoms with Gasteiger partial charge in [-0.05, 0) is 0 Å². The molecular weight excluding hydrogens is 532 g/mol. The number of hydrogen-bond donors (Lipinski definition) is 0. The summed E-state index contributed by atoms with van der Waals surface area (Å²) < 4.78 is 201. The summed E-state index contributed by atoms with van der Waals surface area (Å²) in [5.41, 5.74) is 0. The van der Waals surface area contributed by atoms with E-state index >= 15 is 0 Å². The molecule has 0 amide bonds. The predicted octanol–water partition coefficient (Wildman–Crippen LogP) is 7.21. The van der Waals surface area contributed by atoms with Crippen LogP contribution >= 0.6 is 25.9 Å². The van der Waals surface area contributed by atoms with E-state index in [4.69, 9.17) is 0 Å². The van der Waals surface area contributed by atoms with E-state index in [1.54, 1.807) is 0 Å². The van der Waals surface area contributed by atoms with Crippen LogP contribution in [-0.4, -0.2) is 52.9 Å². The highest BCUT2D eigenvalue weighted by Gasteiger charge is 2.93. The highest BCUT2D eigenvalue weighted by Crippen LogP contribution is 2.62. The molecule has 4 nitrogen and oxygen atoms in total. The van der Waals surface area contributed by atoms with Crippen LogP contribution in [0.2, 0.25) is 0 Å². The number of nitrogens with zero attached hydrogens (tertiary/aromatic N) is 3. The maximum atomic E-state index is 13.5. The summed E-state index contributed by atoms with van der Waals surface area (Å²) in [6.07, 6.45) is -7.63. The van der Waals surface area contributed by atoms with Gasteiger partial charge in [0.25, 0.3) is 0 Å². The fourth-order valence-corrected chi connectivity index (χ4v) is 3.97. The Hall–Kier alpha value is -0.500. The summed E-state index contributed by atoms with van der Waals surface area (Å²) in [5.74, 6) is -46.7. The third-order valence-electron chi connectivity index (χ3n) is 3.10. The summed E-state index contributed by atoms with van der Waals surface area (Å²) in [6, 6.07) is 0. The topological polar surface area (TPSA) is 37.2 Å². The second kappa shape index (κ2) is 8.13. The second-order valence-electron chi connectivity index (χ2n) is 5.09. The van der Waals surface area contributed by atoms with Crippen molar-refractivity contribution in [3.05, 3.63) is 0 Å². The molecule has 0 aromatic rings. The van der Waals surface area contributed by atoms with Gasteiger partial charge >= 0.3 is 41.7 Å². The lowest BCUT2D eigenvalue weighted by molar-refractivity contribution is -0.454. The quantitative estimate of drug-likeness (QED) is 0.244. The van der Waals surface area contributed by atoms with Crippen molar-refractivity contribution in [1.82, 2.24) is 4.60 Å². The zero-order chi connectivity index (χ0) is 24.0. The van der Waals surface area contributed by atoms with E-state index in [9.17, 15) is 65.9 Å². The zero-order valence-corrected chi connectivity index (χ0v) is 15.8. The molecule has 1 atom stereocenters. The molecule has 0 N–H and O–H groups in total. The Balaban J connectivity index is 3.29. The molecule has 1 rings (SSSR count). The molecule has 0 aromatic heterocycles. The van der Waals surface area contributed by atoms with E-state index in [1.165, 1.54) is 0 Å². The lowest BCUT2D eigenvalue weighted by Crippen LogP contribution is -2.73. The maximum Gasteiger partial charge on any atom is 0.460 e. The molecule has 0 aliphatic carbocycles. The monoisotopic (exact) mass is 535 g/mol. The van der Waals surface area contributed by atoms with Gasteiger partial charge in [0.1, 0.15) is 24.0 Å². The van der Waals surface area contributed by atoms with Gasteiger partial charge in [0, 0.05) is 0 Å². The van der Waals surface area contributed by atoms with Crippen LogP contribution in [-0.2, 0) is 4.84 Å². The molecule has 0 bridgehead atoms. The second-order valence-corrected chi connectivity index (χ2v) is 8.31. The smallest absolute Gasteiger partial charge is 0.277 e. The minimum atomic E-state index is -8.30. The zero-order valence-electron chi connectivity index (χ0n) is 13.0. The van der Waals surface area contributed by atoms with Crippen molar-refractivity contribution in [2.45, 2.75) is 41.7 Å². The van der Waals surface area contributed by atoms with E-state index < -0.39 is 57.2 Å². The highest BCUT2D eigenvalue weighted by atomic mass is 31.2. The van der Waals surface area contributed by atoms with Crippen molar-refractivity contribution in [2.24, 2.45) is 9.03 Å². The number of hydrogen-bond acceptors (Lipinski definition) is 4. The van der Waals surface area contributed by atoms with E-state index in [2.05, 4.69) is 13.9 Å². The number of halogens is 15. The van der Waals surface area contributed by atoms with Crippen molar-refractivity contribution in [3.63, 3.8) is 0 Å². The van der Waals surface area contributed by atoms with Crippen molar-refractivity contribution in [3.8, 4) is 0 Å². The lowest BCUT2D eigenvalue weighted by Gasteiger charge is -2.41. The van der Waals surface area contributed by atoms with Gasteiger partial charge < -0.3 is 0 Å². The molecule has 0 aromatic carbocycles. The fourth-order valence-electron chi connectivity index (χ4n) is 1.44. The van der Waals surface area contributed by atoms with Crippen LogP contribution in [0.1, 0.15) is 0 Å². The van der Waals surface area contributed by atoms with E-state index in [0.29, 0.717) is 0 Å². The van der Waals surface area contributed by atoms with Gasteiger partial charge in [-0.1, -0.05) is 4.60 Å². The van der Waals surface area contributed by atoms with Gasteiger partial charge in [-0.15, -0.1) is 0 Å². The molecule has 22 heteroatoms. The maximum absolute atomic E-state index is 13.5. The van der Waals surface area contributed by atoms with Gasteiger partial charge in [0.05, 0.1) is 0 Å². The molecule has 1 unspecified atom stereocenters. The summed E-state index contributed by atoms with van der Waals surface area (Å²) in [6.45, 7) is -2.89. The Bertz CT molecular complexity index is 693. The minimum Gasteiger partial charge on any atom is -0.277 e. The first-order valence-electron chi connectivity index (χ1n) is 6.41. The van der Waals surface area contributed by atoms with Crippen LogP contribution in [0.3, 0.4) is 0 Å². The van der Waals surface area contributed by atoms with Gasteiger partial charge in [-0.2, -0.15) is 70.4 Å². The van der Waals surface area contributed by atoms with E-state index in [1.807, 2.05) is 0 Å². The minimum absolute atomic E-state index is 0.0204. The van der Waals surface area contributed by atoms with Gasteiger partial charge in [0.15, 0.2) is 8.52 Å². The first kappa shape index (κ1) is 27.5. The van der Waals surface area contributed by atoms with Crippen molar-refractivity contribution >= 4 is 25.9 Å². The first-order valence-corrected chi connectivity index (χ1v) is 8.90. The third-order valence-corrected chi connectivity index (χ3v) is 5.57. The van der Waals surface area contributed by atoms with Crippen molar-refractivity contribution < 1.29 is 70.7 Å². The summed E-state index contributed by atoms with van der Waals surface area (Å²) in [7, 11) is -1.29. The average molecular weight is 535 g/mol. The molecule has 0 radical (unpaired) electrons. The van der Waals surface area contributed by atoms with Crippen molar-refractivity contribution in [1.29, 1.82) is 0 Å². The molecule has 30 heavy (non-hydrogen) atoms. The molecule has 0 saturated carbocycles. The SMILES string of the molecule is FC(F)(F)C(F)(F)C(F)(F)C(F)(F)C(F)(F)C(F)(F)C(F)(F)CON1P=NP=NP1. The van der Waals surface area contributed by atoms with Crippen LogP contribution in [0, 0.1) is 0 Å². The normalized spacial score (nSPS) is 20.1. The Morgan fingerprint density at radius 1 is 0.667 bits per heavy atom. The Kier molecular flexibility index (Phi) is 7.46. The third kappa shape index (κ3) is 4.24. The van der Waals surface area contributed by atoms with Gasteiger partial charge in [-0.25, -0.2) is 4.52 Å². The first-order chi connectivity index (χ1) is 13.1. The lowest BCUT2D eigenvalue weighted by atomic mass is 9.91. The van der Waals surface area contributed by atoms with Crippen LogP contribution in [0.25, 0.3) is 0 Å². The number of alkyl halides is 15. The summed E-state index contributed by atoms with van der Waals surface area (Å²) >= 11 is 0. The number of rotatable bonds is 8. The Morgan fingerprint density at radius 2 is 1.10 bits per heavy atom. The summed E-state index contributed by atoms with van der Waals surface area (Å²) in [4.78, 5) is 3.87. The van der Waals surface area contributed by atoms with E-state index in [-0.39, 0.29) is 21.7 Å². The summed E-state index contributed by atoms with van der Waals surface area (Å²) in [5, 5.41) is 0. The van der Waals surface area contributed by atoms with Gasteiger partial charge in [-0.3, -0.25) is 4.84 Å². The fraction of sp³-hybridized carbons (Fsp3) is 1.00. The van der Waals surface area contributed by atoms with Crippen LogP contribution in [0.15, 0.2) is 9.03 Å². The molecule has 0 fully saturated rings. The average Bonchev–Trinajstić information content (AvgIpc) is 2.59. The molecule has 0 spiro atoms. The molecule has 176 valence electrons. The van der Waals surface area contributed by atoms with Crippen molar-refractivity contribution in [2.75, 3.05) is 6.61 Å².